The van der Waals surface area contributed by atoms with E-state index in [1.807, 2.05) is 11.5 Å². The molecule has 1 aliphatic carbocycles. The maximum atomic E-state index is 14.0. The molecule has 6 nitrogen and oxygen atoms in total. The summed E-state index contributed by atoms with van der Waals surface area (Å²) >= 11 is 0. The molecule has 8 heteroatoms. The van der Waals surface area contributed by atoms with Gasteiger partial charge in [0.05, 0.1) is 24.0 Å². The highest BCUT2D eigenvalue weighted by Crippen LogP contribution is 2.43. The summed E-state index contributed by atoms with van der Waals surface area (Å²) in [7, 11) is 0. The van der Waals surface area contributed by atoms with Crippen LogP contribution in [0.25, 0.3) is 15.9 Å². The lowest BCUT2D eigenvalue weighted by atomic mass is 9.78. The van der Waals surface area contributed by atoms with E-state index in [-0.39, 0.29) is 23.6 Å². The van der Waals surface area contributed by atoms with Gasteiger partial charge in [-0.15, -0.1) is 0 Å². The number of hydrogen-bond acceptors (Lipinski definition) is 3. The molecule has 1 atom stereocenters. The average Bonchev–Trinajstić information content (AvgIpc) is 2.95. The number of imidazole rings is 1. The molecule has 0 aliphatic heterocycles. The average molecular weight is 376 g/mol. The zero-order chi connectivity index (χ0) is 19.8. The summed E-state index contributed by atoms with van der Waals surface area (Å²) in [5.74, 6) is -1.02. The van der Waals surface area contributed by atoms with Crippen LogP contribution in [0.3, 0.4) is 0 Å². The van der Waals surface area contributed by atoms with E-state index in [4.69, 9.17) is 6.57 Å². The molecule has 3 rings (SSSR count). The van der Waals surface area contributed by atoms with Gasteiger partial charge in [-0.05, 0) is 44.7 Å². The third-order valence-corrected chi connectivity index (χ3v) is 5.46. The zero-order valence-corrected chi connectivity index (χ0v) is 15.4. The van der Waals surface area contributed by atoms with E-state index in [1.165, 1.54) is 12.1 Å². The number of hydrogen-bond donors (Lipinski definition) is 2. The number of amides is 1. The van der Waals surface area contributed by atoms with E-state index in [9.17, 15) is 18.7 Å². The summed E-state index contributed by atoms with van der Waals surface area (Å²) in [5, 5.41) is 12.7. The number of alkyl halides is 1. The molecule has 2 N–H and O–H groups in total. The second-order valence-corrected chi connectivity index (χ2v) is 7.46. The second kappa shape index (κ2) is 6.89. The number of aliphatic hydroxyl groups is 1. The summed E-state index contributed by atoms with van der Waals surface area (Å²) in [6.07, 6.45) is 2.43. The highest BCUT2D eigenvalue weighted by Gasteiger charge is 2.38. The van der Waals surface area contributed by atoms with Crippen molar-refractivity contribution in [1.82, 2.24) is 9.55 Å². The smallest absolute Gasteiger partial charge is 0.229 e. The van der Waals surface area contributed by atoms with E-state index in [0.29, 0.717) is 11.0 Å². The highest BCUT2D eigenvalue weighted by molar-refractivity contribution is 5.93. The molecule has 1 unspecified atom stereocenters. The first-order valence-electron chi connectivity index (χ1n) is 8.93. The number of nitrogens with one attached hydrogen (secondary N) is 1. The van der Waals surface area contributed by atoms with Crippen molar-refractivity contribution >= 4 is 28.6 Å². The van der Waals surface area contributed by atoms with Gasteiger partial charge in [0.25, 0.3) is 0 Å². The van der Waals surface area contributed by atoms with Crippen molar-refractivity contribution in [3.8, 4) is 0 Å². The van der Waals surface area contributed by atoms with E-state index in [1.54, 1.807) is 6.92 Å². The highest BCUT2D eigenvalue weighted by atomic mass is 19.1. The topological polar surface area (TPSA) is 71.5 Å². The third-order valence-electron chi connectivity index (χ3n) is 5.46. The predicted octanol–water partition coefficient (Wildman–Crippen LogP) is 4.06. The van der Waals surface area contributed by atoms with Crippen molar-refractivity contribution in [2.75, 3.05) is 12.0 Å². The number of halogens is 2. The summed E-state index contributed by atoms with van der Waals surface area (Å²) in [6.45, 7) is 9.72. The molecule has 1 aromatic heterocycles. The second-order valence-electron chi connectivity index (χ2n) is 7.46. The monoisotopic (exact) mass is 376 g/mol. The van der Waals surface area contributed by atoms with Crippen molar-refractivity contribution in [1.29, 1.82) is 0 Å². The lowest BCUT2D eigenvalue weighted by molar-refractivity contribution is -0.122. The van der Waals surface area contributed by atoms with Crippen molar-refractivity contribution in [2.45, 2.75) is 57.1 Å². The fourth-order valence-electron chi connectivity index (χ4n) is 3.45. The quantitative estimate of drug-likeness (QED) is 0.747. The molecule has 0 bridgehead atoms. The maximum absolute atomic E-state index is 14.0. The molecule has 0 saturated heterocycles. The molecular formula is C19H22F2N4O2. The van der Waals surface area contributed by atoms with Crippen molar-refractivity contribution in [3.63, 3.8) is 0 Å². The van der Waals surface area contributed by atoms with E-state index < -0.39 is 30.4 Å². The molecule has 1 amide bonds. The Bertz CT molecular complexity index is 924. The fourth-order valence-corrected chi connectivity index (χ4v) is 3.45. The van der Waals surface area contributed by atoms with Crippen LogP contribution >= 0.6 is 0 Å². The summed E-state index contributed by atoms with van der Waals surface area (Å²) in [6, 6.07) is 2.62. The van der Waals surface area contributed by atoms with Gasteiger partial charge in [0.1, 0.15) is 18.1 Å². The van der Waals surface area contributed by atoms with Crippen LogP contribution in [-0.4, -0.2) is 32.8 Å². The van der Waals surface area contributed by atoms with Crippen LogP contribution in [0, 0.1) is 12.4 Å². The van der Waals surface area contributed by atoms with Gasteiger partial charge in [-0.1, -0.05) is 6.92 Å². The molecule has 1 aromatic carbocycles. The van der Waals surface area contributed by atoms with Gasteiger partial charge in [-0.25, -0.2) is 18.6 Å². The first-order chi connectivity index (χ1) is 12.7. The van der Waals surface area contributed by atoms with Gasteiger partial charge in [0.2, 0.25) is 17.5 Å². The van der Waals surface area contributed by atoms with Crippen LogP contribution < -0.4 is 5.32 Å². The van der Waals surface area contributed by atoms with Gasteiger partial charge in [-0.2, -0.15) is 0 Å². The number of benzene rings is 1. The van der Waals surface area contributed by atoms with Gasteiger partial charge < -0.3 is 9.67 Å². The first-order valence-corrected chi connectivity index (χ1v) is 8.93. The van der Waals surface area contributed by atoms with E-state index in [2.05, 4.69) is 15.1 Å². The Hall–Kier alpha value is -2.53. The van der Waals surface area contributed by atoms with Gasteiger partial charge in [0.15, 0.2) is 0 Å². The van der Waals surface area contributed by atoms with Crippen LogP contribution in [0.4, 0.5) is 20.4 Å². The van der Waals surface area contributed by atoms with E-state index in [0.717, 1.165) is 19.3 Å². The Labute approximate surface area is 156 Å². The Morgan fingerprint density at radius 1 is 1.52 bits per heavy atom. The predicted molar refractivity (Wildman–Crippen MR) is 97.9 cm³/mol. The first kappa shape index (κ1) is 19.2. The Morgan fingerprint density at radius 3 is 2.74 bits per heavy atom. The Balaban J connectivity index is 2.03. The van der Waals surface area contributed by atoms with Gasteiger partial charge in [-0.3, -0.25) is 10.1 Å². The summed E-state index contributed by atoms with van der Waals surface area (Å²) in [5.41, 5.74) is -1.24. The van der Waals surface area contributed by atoms with Gasteiger partial charge in [0, 0.05) is 5.54 Å². The molecule has 0 spiro atoms. The van der Waals surface area contributed by atoms with Crippen LogP contribution in [-0.2, 0) is 10.3 Å². The van der Waals surface area contributed by atoms with Crippen LogP contribution in [0.2, 0.25) is 0 Å². The standard InChI is InChI=1S/C19H22F2N4O2/c1-4-19(27,11-20)10-16(26)24-17-23-14-8-12(21)13(22-3)9-15(14)25(17)18(2)6-5-7-18/h8-9,27H,4-7,10-11H2,1-2H3,(H,23,24,26). The number of aromatic nitrogens is 2. The van der Waals surface area contributed by atoms with Crippen molar-refractivity contribution in [3.05, 3.63) is 29.4 Å². The molecule has 1 saturated carbocycles. The SMILES string of the molecule is [C-]#[N+]c1cc2c(cc1F)nc(NC(=O)CC(O)(CC)CF)n2C1(C)CCC1. The molecule has 144 valence electrons. The molecule has 0 radical (unpaired) electrons. The molecule has 1 fully saturated rings. The lowest BCUT2D eigenvalue weighted by Crippen LogP contribution is -2.39. The maximum Gasteiger partial charge on any atom is 0.229 e. The number of anilines is 1. The molecule has 2 aromatic rings. The largest absolute Gasteiger partial charge is 0.387 e. The Morgan fingerprint density at radius 2 is 2.22 bits per heavy atom. The zero-order valence-electron chi connectivity index (χ0n) is 15.4. The number of nitrogens with zero attached hydrogens (tertiary/aromatic N) is 3. The minimum atomic E-state index is -1.72. The molecular weight excluding hydrogens is 354 g/mol. The minimum Gasteiger partial charge on any atom is -0.387 e. The number of fused-ring (bicyclic) bond motifs is 1. The fraction of sp³-hybridized carbons (Fsp3) is 0.526. The van der Waals surface area contributed by atoms with Crippen LogP contribution in [0.1, 0.15) is 46.0 Å². The molecule has 1 aliphatic rings. The van der Waals surface area contributed by atoms with Crippen LogP contribution in [0.15, 0.2) is 12.1 Å². The summed E-state index contributed by atoms with van der Waals surface area (Å²) < 4.78 is 28.9. The van der Waals surface area contributed by atoms with Crippen molar-refractivity contribution in [2.24, 2.45) is 0 Å². The van der Waals surface area contributed by atoms with Crippen LogP contribution in [0.5, 0.6) is 0 Å². The van der Waals surface area contributed by atoms with E-state index >= 15 is 0 Å². The van der Waals surface area contributed by atoms with Gasteiger partial charge >= 0.3 is 0 Å². The normalized spacial score (nSPS) is 17.8. The molecule has 27 heavy (non-hydrogen) atoms. The van der Waals surface area contributed by atoms with Crippen molar-refractivity contribution < 1.29 is 18.7 Å². The lowest BCUT2D eigenvalue weighted by Gasteiger charge is -2.41. The number of rotatable bonds is 6. The molecule has 1 heterocycles. The minimum absolute atomic E-state index is 0.102. The third kappa shape index (κ3) is 3.39. The Kier molecular flexibility index (Phi) is 4.91. The summed E-state index contributed by atoms with van der Waals surface area (Å²) in [4.78, 5) is 19.9. The number of carbonyl (C=O) groups is 1. The number of carbonyl (C=O) groups excluding carboxylic acids is 1.